The van der Waals surface area contributed by atoms with Crippen LogP contribution in [-0.4, -0.2) is 28.9 Å². The van der Waals surface area contributed by atoms with E-state index in [-0.39, 0.29) is 0 Å². The highest BCUT2D eigenvalue weighted by Gasteiger charge is 2.69. The maximum Gasteiger partial charge on any atom is 0.311 e. The molecule has 1 aliphatic rings. The first-order chi connectivity index (χ1) is 15.7. The molecule has 0 radical (unpaired) electrons. The van der Waals surface area contributed by atoms with Crippen LogP contribution >= 0.6 is 47.8 Å². The van der Waals surface area contributed by atoms with Crippen molar-refractivity contribution in [3.8, 4) is 17.6 Å². The van der Waals surface area contributed by atoms with Crippen molar-refractivity contribution in [2.24, 2.45) is 17.3 Å². The minimum atomic E-state index is -3.82. The minimum Gasteiger partial charge on any atom is -0.457 e. The van der Waals surface area contributed by atoms with Crippen LogP contribution < -0.4 is 4.74 Å². The fourth-order valence-electron chi connectivity index (χ4n) is 3.92. The van der Waals surface area contributed by atoms with Crippen LogP contribution in [0.5, 0.6) is 11.5 Å². The molecule has 3 rings (SSSR count). The first kappa shape index (κ1) is 27.1. The second-order valence-electron chi connectivity index (χ2n) is 8.52. The van der Waals surface area contributed by atoms with Crippen molar-refractivity contribution in [3.05, 3.63) is 60.2 Å². The summed E-state index contributed by atoms with van der Waals surface area (Å²) in [5.74, 6) is -0.693. The lowest BCUT2D eigenvalue weighted by atomic mass is 10.1. The van der Waals surface area contributed by atoms with Gasteiger partial charge in [-0.1, -0.05) is 92.0 Å². The van der Waals surface area contributed by atoms with Gasteiger partial charge in [0.2, 0.25) is 6.10 Å². The molecule has 0 aliphatic heterocycles. The SMILES string of the molecule is CC1(C)[C@@H]([C@H](OS(C)(=O)=O)C(Br)(Br)Br)[C@H]1C(=O)O[C@@H](C#N)c1cccc(Oc2ccccc2)c1. The predicted octanol–water partition coefficient (Wildman–Crippen LogP) is 6.04. The lowest BCUT2D eigenvalue weighted by molar-refractivity contribution is -0.149. The molecule has 0 unspecified atom stereocenters. The Hall–Kier alpha value is -1.45. The summed E-state index contributed by atoms with van der Waals surface area (Å²) in [6, 6.07) is 17.9. The van der Waals surface area contributed by atoms with E-state index >= 15 is 0 Å². The van der Waals surface area contributed by atoms with Gasteiger partial charge in [-0.3, -0.25) is 8.98 Å². The van der Waals surface area contributed by atoms with Gasteiger partial charge in [0.1, 0.15) is 23.7 Å². The standard InChI is InChI=1S/C23H22Br3NO6S/c1-22(2)18(20(23(24,25)26)33-34(3,29)30)19(22)21(28)32-17(13-27)14-8-7-11-16(12-14)31-15-9-5-4-6-10-15/h4-12,17-20H,1-3H3/t17-,18+,19-,20-/m0/s1. The molecule has 0 spiro atoms. The molecule has 0 saturated heterocycles. The zero-order chi connectivity index (χ0) is 25.3. The number of hydrogen-bond acceptors (Lipinski definition) is 7. The molecule has 2 aromatic rings. The number of carbonyl (C=O) groups is 1. The van der Waals surface area contributed by atoms with E-state index in [1.807, 2.05) is 38.1 Å². The van der Waals surface area contributed by atoms with Gasteiger partial charge in [-0.2, -0.15) is 13.7 Å². The molecular formula is C23H22Br3NO6S. The maximum atomic E-state index is 13.1. The average molecular weight is 680 g/mol. The fraction of sp³-hybridized carbons (Fsp3) is 0.391. The fourth-order valence-corrected chi connectivity index (χ4v) is 6.07. The third kappa shape index (κ3) is 6.61. The number of rotatable bonds is 8. The lowest BCUT2D eigenvalue weighted by Gasteiger charge is -2.25. The number of para-hydroxylation sites is 1. The van der Waals surface area contributed by atoms with Crippen LogP contribution in [0.15, 0.2) is 54.6 Å². The van der Waals surface area contributed by atoms with E-state index in [2.05, 4.69) is 47.8 Å². The molecule has 1 saturated carbocycles. The minimum absolute atomic E-state index is 0.457. The largest absolute Gasteiger partial charge is 0.457 e. The molecule has 0 N–H and O–H groups in total. The summed E-state index contributed by atoms with van der Waals surface area (Å²) in [7, 11) is -3.82. The normalized spacial score (nSPS) is 21.1. The molecule has 11 heteroatoms. The van der Waals surface area contributed by atoms with Crippen LogP contribution in [0.3, 0.4) is 0 Å². The number of ether oxygens (including phenoxy) is 2. The highest BCUT2D eigenvalue weighted by Crippen LogP contribution is 2.65. The molecule has 7 nitrogen and oxygen atoms in total. The molecule has 0 heterocycles. The smallest absolute Gasteiger partial charge is 0.311 e. The van der Waals surface area contributed by atoms with Crippen molar-refractivity contribution in [2.75, 3.05) is 6.26 Å². The molecule has 182 valence electrons. The number of benzene rings is 2. The summed E-state index contributed by atoms with van der Waals surface area (Å²) in [6.07, 6.45) is -1.18. The van der Waals surface area contributed by atoms with Crippen molar-refractivity contribution in [1.29, 1.82) is 5.26 Å². The van der Waals surface area contributed by atoms with Gasteiger partial charge in [-0.05, 0) is 29.7 Å². The molecule has 34 heavy (non-hydrogen) atoms. The van der Waals surface area contributed by atoms with Crippen molar-refractivity contribution in [1.82, 2.24) is 0 Å². The second kappa shape index (κ2) is 10.3. The van der Waals surface area contributed by atoms with Crippen molar-refractivity contribution >= 4 is 63.9 Å². The Bertz CT molecular complexity index is 1190. The van der Waals surface area contributed by atoms with Gasteiger partial charge in [0.25, 0.3) is 10.1 Å². The number of nitriles is 1. The van der Waals surface area contributed by atoms with Gasteiger partial charge in [0.15, 0.2) is 2.14 Å². The zero-order valence-corrected chi connectivity index (χ0v) is 24.0. The van der Waals surface area contributed by atoms with Crippen LogP contribution in [-0.2, 0) is 23.8 Å². The van der Waals surface area contributed by atoms with Crippen LogP contribution in [0.25, 0.3) is 0 Å². The summed E-state index contributed by atoms with van der Waals surface area (Å²) in [4.78, 5) is 13.1. The van der Waals surface area contributed by atoms with Crippen molar-refractivity contribution in [2.45, 2.75) is 28.2 Å². The van der Waals surface area contributed by atoms with Crippen LogP contribution in [0.4, 0.5) is 0 Å². The van der Waals surface area contributed by atoms with Gasteiger partial charge < -0.3 is 9.47 Å². The van der Waals surface area contributed by atoms with E-state index < -0.39 is 47.7 Å². The number of carbonyl (C=O) groups excluding carboxylic acids is 1. The summed E-state index contributed by atoms with van der Waals surface area (Å²) < 4.78 is 39.2. The highest BCUT2D eigenvalue weighted by atomic mass is 80.0. The molecule has 0 amide bonds. The van der Waals surface area contributed by atoms with Gasteiger partial charge in [0.05, 0.1) is 12.2 Å². The number of alkyl halides is 3. The van der Waals surface area contributed by atoms with Gasteiger partial charge in [-0.25, -0.2) is 0 Å². The monoisotopic (exact) mass is 677 g/mol. The lowest BCUT2D eigenvalue weighted by Crippen LogP contribution is -2.34. The summed E-state index contributed by atoms with van der Waals surface area (Å²) in [5, 5.41) is 9.70. The van der Waals surface area contributed by atoms with E-state index in [0.29, 0.717) is 17.1 Å². The number of esters is 1. The molecule has 1 aliphatic carbocycles. The second-order valence-corrected chi connectivity index (χ2v) is 17.1. The van der Waals surface area contributed by atoms with Gasteiger partial charge in [-0.15, -0.1) is 0 Å². The highest BCUT2D eigenvalue weighted by molar-refractivity contribution is 9.39. The Morgan fingerprint density at radius 2 is 1.71 bits per heavy atom. The topological polar surface area (TPSA) is 103 Å². The third-order valence-electron chi connectivity index (χ3n) is 5.58. The van der Waals surface area contributed by atoms with E-state index in [4.69, 9.17) is 13.7 Å². The number of hydrogen-bond donors (Lipinski definition) is 0. The molecular weight excluding hydrogens is 658 g/mol. The quantitative estimate of drug-likeness (QED) is 0.190. The molecule has 1 fully saturated rings. The zero-order valence-electron chi connectivity index (χ0n) is 18.4. The van der Waals surface area contributed by atoms with Crippen LogP contribution in [0.1, 0.15) is 25.5 Å². The summed E-state index contributed by atoms with van der Waals surface area (Å²) in [5.41, 5.74) is -0.176. The first-order valence-corrected chi connectivity index (χ1v) is 14.3. The average Bonchev–Trinajstić information content (AvgIpc) is 3.31. The number of halogens is 3. The molecule has 0 aromatic heterocycles. The molecule has 4 atom stereocenters. The van der Waals surface area contributed by atoms with Crippen LogP contribution in [0, 0.1) is 28.6 Å². The predicted molar refractivity (Wildman–Crippen MR) is 137 cm³/mol. The molecule has 2 aromatic carbocycles. The van der Waals surface area contributed by atoms with Gasteiger partial charge in [0, 0.05) is 11.5 Å². The van der Waals surface area contributed by atoms with E-state index in [0.717, 1.165) is 6.26 Å². The Labute approximate surface area is 224 Å². The molecule has 0 bridgehead atoms. The summed E-state index contributed by atoms with van der Waals surface area (Å²) >= 11 is 9.99. The van der Waals surface area contributed by atoms with Crippen molar-refractivity contribution < 1.29 is 26.9 Å². The Morgan fingerprint density at radius 1 is 1.09 bits per heavy atom. The van der Waals surface area contributed by atoms with Crippen LogP contribution in [0.2, 0.25) is 0 Å². The maximum absolute atomic E-state index is 13.1. The van der Waals surface area contributed by atoms with Crippen molar-refractivity contribution in [3.63, 3.8) is 0 Å². The first-order valence-electron chi connectivity index (χ1n) is 10.1. The Balaban J connectivity index is 1.77. The Morgan fingerprint density at radius 3 is 2.26 bits per heavy atom. The van der Waals surface area contributed by atoms with E-state index in [9.17, 15) is 18.5 Å². The third-order valence-corrected chi connectivity index (χ3v) is 7.49. The van der Waals surface area contributed by atoms with E-state index in [1.54, 1.807) is 36.4 Å². The number of nitrogens with zero attached hydrogens (tertiary/aromatic N) is 1. The summed E-state index contributed by atoms with van der Waals surface area (Å²) in [6.45, 7) is 3.63. The Kier molecular flexibility index (Phi) is 8.20. The van der Waals surface area contributed by atoms with E-state index in [1.165, 1.54) is 0 Å². The van der Waals surface area contributed by atoms with Gasteiger partial charge >= 0.3 is 5.97 Å².